The average molecular weight is 1200 g/mol. The lowest BCUT2D eigenvalue weighted by Crippen LogP contribution is -2.58. The SMILES string of the molecule is CC(C)(C)[C@H](NC(=O)CCOCCCN1CCCC1COc1nc(N2CC3CCC(C2)N3)c2cc(C(F)(F)F)c(-c3ccc(F)c4sc(N)c(C#N)c34)c(F)c2n1)C(=O)N1C[C@H](O)C[C@H]1C(=O)N[C@@H](CO)c1ccc(-c2c(F)cccc2F)cc1. The molecule has 25 heteroatoms. The molecule has 17 nitrogen and oxygen atoms in total. The van der Waals surface area contributed by atoms with Gasteiger partial charge in [0.05, 0.1) is 46.7 Å². The fourth-order valence-electron chi connectivity index (χ4n) is 12.2. The van der Waals surface area contributed by atoms with Crippen LogP contribution in [0.3, 0.4) is 0 Å². The van der Waals surface area contributed by atoms with Crippen LogP contribution < -0.4 is 31.3 Å². The molecule has 10 rings (SSSR count). The number of aliphatic hydroxyl groups is 2. The summed E-state index contributed by atoms with van der Waals surface area (Å²) in [5.74, 6) is -5.35. The lowest BCUT2D eigenvalue weighted by molar-refractivity contribution is -0.144. The lowest BCUT2D eigenvalue weighted by atomic mass is 9.85. The number of likely N-dealkylation sites (tertiary alicyclic amines) is 2. The van der Waals surface area contributed by atoms with Gasteiger partial charge < -0.3 is 51.2 Å². The number of nitrogens with zero attached hydrogens (tertiary/aromatic N) is 6. The van der Waals surface area contributed by atoms with E-state index in [4.69, 9.17) is 15.2 Å². The molecule has 4 saturated heterocycles. The highest BCUT2D eigenvalue weighted by atomic mass is 32.1. The molecule has 4 aliphatic heterocycles. The van der Waals surface area contributed by atoms with Crippen LogP contribution in [0.25, 0.3) is 43.2 Å². The number of piperazine rings is 1. The number of halogens is 7. The number of aromatic nitrogens is 2. The molecular weight excluding hydrogens is 1140 g/mol. The minimum atomic E-state index is -5.11. The zero-order valence-electron chi connectivity index (χ0n) is 46.9. The molecule has 452 valence electrons. The second-order valence-corrected chi connectivity index (χ2v) is 24.3. The van der Waals surface area contributed by atoms with Crippen molar-refractivity contribution in [2.45, 2.75) is 114 Å². The summed E-state index contributed by atoms with van der Waals surface area (Å²) in [6, 6.07) is 10.5. The van der Waals surface area contributed by atoms with Crippen LogP contribution in [0, 0.1) is 40.0 Å². The molecule has 4 fully saturated rings. The maximum absolute atomic E-state index is 17.4. The summed E-state index contributed by atoms with van der Waals surface area (Å²) in [7, 11) is 0. The fraction of sp³-hybridized carbons (Fsp3) is 0.467. The van der Waals surface area contributed by atoms with Crippen molar-refractivity contribution >= 4 is 60.9 Å². The van der Waals surface area contributed by atoms with Gasteiger partial charge in [0, 0.05) is 80.1 Å². The van der Waals surface area contributed by atoms with E-state index in [1.807, 2.05) is 11.0 Å². The van der Waals surface area contributed by atoms with E-state index in [9.17, 15) is 38.6 Å². The predicted molar refractivity (Wildman–Crippen MR) is 304 cm³/mol. The number of alkyl halides is 3. The van der Waals surface area contributed by atoms with E-state index in [0.717, 1.165) is 56.0 Å². The lowest BCUT2D eigenvalue weighted by Gasteiger charge is -2.35. The molecule has 6 heterocycles. The van der Waals surface area contributed by atoms with Crippen molar-refractivity contribution in [3.63, 3.8) is 0 Å². The summed E-state index contributed by atoms with van der Waals surface area (Å²) < 4.78 is 119. The summed E-state index contributed by atoms with van der Waals surface area (Å²) in [4.78, 5) is 55.8. The van der Waals surface area contributed by atoms with Gasteiger partial charge in [0.25, 0.3) is 0 Å². The number of nitriles is 1. The van der Waals surface area contributed by atoms with Gasteiger partial charge in [0.15, 0.2) is 5.82 Å². The molecule has 0 spiro atoms. The van der Waals surface area contributed by atoms with Crippen molar-refractivity contribution in [2.24, 2.45) is 5.41 Å². The van der Waals surface area contributed by atoms with Crippen LogP contribution in [0.15, 0.2) is 60.7 Å². The number of fused-ring (bicyclic) bond motifs is 4. The van der Waals surface area contributed by atoms with Crippen LogP contribution in [0.5, 0.6) is 6.01 Å². The van der Waals surface area contributed by atoms with Gasteiger partial charge >= 0.3 is 12.2 Å². The van der Waals surface area contributed by atoms with Gasteiger partial charge in [-0.1, -0.05) is 57.2 Å². The van der Waals surface area contributed by atoms with Crippen molar-refractivity contribution < 1.29 is 64.8 Å². The maximum atomic E-state index is 17.4. The highest BCUT2D eigenvalue weighted by molar-refractivity contribution is 7.23. The molecule has 0 radical (unpaired) electrons. The van der Waals surface area contributed by atoms with Gasteiger partial charge in [-0.05, 0) is 85.0 Å². The van der Waals surface area contributed by atoms with Crippen LogP contribution in [0.2, 0.25) is 0 Å². The third-order valence-corrected chi connectivity index (χ3v) is 17.4. The monoisotopic (exact) mass is 1200 g/mol. The summed E-state index contributed by atoms with van der Waals surface area (Å²) in [6.45, 7) is 6.91. The second-order valence-electron chi connectivity index (χ2n) is 23.2. The molecule has 7 N–H and O–H groups in total. The minimum Gasteiger partial charge on any atom is -0.462 e. The number of hydrogen-bond donors (Lipinski definition) is 6. The summed E-state index contributed by atoms with van der Waals surface area (Å²) in [5, 5.41) is 39.5. The Bertz CT molecular complexity index is 3510. The number of nitrogens with one attached hydrogen (secondary N) is 3. The van der Waals surface area contributed by atoms with E-state index in [0.29, 0.717) is 49.5 Å². The quantitative estimate of drug-likeness (QED) is 0.0332. The van der Waals surface area contributed by atoms with E-state index >= 15 is 22.0 Å². The number of carbonyl (C=O) groups excluding carboxylic acids is 3. The molecule has 7 atom stereocenters. The van der Waals surface area contributed by atoms with Crippen LogP contribution in [0.1, 0.15) is 88.4 Å². The number of carbonyl (C=O) groups is 3. The van der Waals surface area contributed by atoms with Gasteiger partial charge in [-0.15, -0.1) is 11.3 Å². The molecular formula is C60H65F7N10O7S. The molecule has 2 aromatic heterocycles. The summed E-state index contributed by atoms with van der Waals surface area (Å²) in [6.07, 6.45) is -2.61. The topological polar surface area (TPSA) is 232 Å². The highest BCUT2D eigenvalue weighted by Crippen LogP contribution is 2.48. The zero-order chi connectivity index (χ0) is 60.6. The first-order valence-corrected chi connectivity index (χ1v) is 29.1. The van der Waals surface area contributed by atoms with Crippen LogP contribution in [-0.2, 0) is 25.3 Å². The Morgan fingerprint density at radius 3 is 2.32 bits per heavy atom. The predicted octanol–water partition coefficient (Wildman–Crippen LogP) is 8.13. The molecule has 0 aliphatic carbocycles. The number of anilines is 2. The number of thiophene rings is 1. The third kappa shape index (κ3) is 12.9. The van der Waals surface area contributed by atoms with E-state index in [2.05, 4.69) is 30.8 Å². The first kappa shape index (κ1) is 60.9. The Hall–Kier alpha value is -7.21. The summed E-state index contributed by atoms with van der Waals surface area (Å²) in [5.41, 5.74) is 2.28. The van der Waals surface area contributed by atoms with Crippen molar-refractivity contribution in [1.82, 2.24) is 35.7 Å². The molecule has 3 amide bonds. The number of amides is 3. The molecule has 0 saturated carbocycles. The maximum Gasteiger partial charge on any atom is 0.417 e. The molecule has 85 heavy (non-hydrogen) atoms. The molecule has 2 bridgehead atoms. The smallest absolute Gasteiger partial charge is 0.417 e. The first-order valence-electron chi connectivity index (χ1n) is 28.2. The zero-order valence-corrected chi connectivity index (χ0v) is 47.7. The average Bonchev–Trinajstić information content (AvgIpc) is 2.49. The minimum absolute atomic E-state index is 0.0153. The van der Waals surface area contributed by atoms with Gasteiger partial charge in [-0.2, -0.15) is 28.4 Å². The van der Waals surface area contributed by atoms with Gasteiger partial charge in [-0.25, -0.2) is 17.6 Å². The second kappa shape index (κ2) is 25.0. The third-order valence-electron chi connectivity index (χ3n) is 16.4. The van der Waals surface area contributed by atoms with Crippen LogP contribution >= 0.6 is 11.3 Å². The van der Waals surface area contributed by atoms with E-state index in [1.54, 1.807) is 20.8 Å². The number of rotatable bonds is 19. The first-order chi connectivity index (χ1) is 40.5. The van der Waals surface area contributed by atoms with Gasteiger partial charge in [0.2, 0.25) is 17.7 Å². The highest BCUT2D eigenvalue weighted by Gasteiger charge is 2.46. The fourth-order valence-corrected chi connectivity index (χ4v) is 13.1. The molecule has 6 aromatic rings. The number of β-amino-alcohol motifs (C(OH)–C–C–N with tert-alkyl or cyclic N) is 1. The number of hydrogen-bond acceptors (Lipinski definition) is 15. The molecule has 4 aromatic carbocycles. The van der Waals surface area contributed by atoms with E-state index < -0.39 is 100 Å². The van der Waals surface area contributed by atoms with Crippen molar-refractivity contribution in [3.05, 3.63) is 101 Å². The van der Waals surface area contributed by atoms with E-state index in [-0.39, 0.29) is 112 Å². The Morgan fingerprint density at radius 1 is 0.929 bits per heavy atom. The normalized spacial score (nSPS) is 20.7. The number of nitrogen functional groups attached to an aromatic ring is 1. The molecule has 3 unspecified atom stereocenters. The molecule has 4 aliphatic rings. The van der Waals surface area contributed by atoms with Crippen molar-refractivity contribution in [1.29, 1.82) is 5.26 Å². The Kier molecular flexibility index (Phi) is 17.9. The summed E-state index contributed by atoms with van der Waals surface area (Å²) >= 11 is 0.681. The van der Waals surface area contributed by atoms with Crippen molar-refractivity contribution in [2.75, 3.05) is 69.8 Å². The Labute approximate surface area is 489 Å². The van der Waals surface area contributed by atoms with Gasteiger partial charge in [-0.3, -0.25) is 19.3 Å². The van der Waals surface area contributed by atoms with E-state index in [1.165, 1.54) is 35.2 Å². The Balaban J connectivity index is 0.756. The number of ether oxygens (including phenoxy) is 2. The van der Waals surface area contributed by atoms with Gasteiger partial charge in [0.1, 0.15) is 58.5 Å². The number of nitrogens with two attached hydrogens (primary N) is 1. The Morgan fingerprint density at radius 2 is 1.65 bits per heavy atom. The number of benzene rings is 4. The van der Waals surface area contributed by atoms with Crippen LogP contribution in [0.4, 0.5) is 41.6 Å². The number of aliphatic hydroxyl groups excluding tert-OH is 2. The standard InChI is InChI=1S/C60H65F7N10O7S/c1-59(2,3)53(57(82)77-28-36(79)23-45(77)56(81)71-44(29-78)31-10-12-32(13-11-31)47-41(61)8-4-9-42(47)62)72-46(80)18-22-83-21-6-20-75-19-5-7-35(75)30-84-58-73-51-38(55(74-58)76-26-33-14-15-34(27-76)70-33)24-40(60(65,66)67)49(50(51)64)37-16-17-43(63)52-48(37)39(25-68)54(69)85-52/h4,8-13,16-17,24,33-36,44-45,53,70,78-79H,5-7,14-15,18-23,26-30,69H2,1-3H3,(H,71,81)(H,72,80)/t33?,34?,35?,36-,44+,45+,53-/m1/s1. The largest absolute Gasteiger partial charge is 0.462 e. The van der Waals surface area contributed by atoms with Crippen molar-refractivity contribution in [3.8, 4) is 34.3 Å². The van der Waals surface area contributed by atoms with Crippen LogP contribution in [-0.4, -0.2) is 143 Å².